The largest absolute Gasteiger partial charge is 0.331 e. The lowest BCUT2D eigenvalue weighted by Crippen LogP contribution is -2.39. The molecule has 1 aromatic carbocycles. The molecular weight excluding hydrogens is 198 g/mol. The van der Waals surface area contributed by atoms with Gasteiger partial charge in [0.25, 0.3) is 0 Å². The fraction of sp³-hybridized carbons (Fsp3) is 0.462. The van der Waals surface area contributed by atoms with E-state index in [-0.39, 0.29) is 0 Å². The van der Waals surface area contributed by atoms with Crippen molar-refractivity contribution in [2.75, 3.05) is 13.1 Å². The molecule has 1 fully saturated rings. The molecule has 16 heavy (non-hydrogen) atoms. The lowest BCUT2D eigenvalue weighted by atomic mass is 9.93. The average molecular weight is 215 g/mol. The van der Waals surface area contributed by atoms with Gasteiger partial charge in [-0.25, -0.2) is 4.98 Å². The number of aromatic nitrogens is 2. The quantitative estimate of drug-likeness (QED) is 0.828. The minimum absolute atomic E-state index is 0.691. The lowest BCUT2D eigenvalue weighted by molar-refractivity contribution is 0.448. The number of nitrogens with one attached hydrogen (secondary N) is 1. The Hall–Kier alpha value is -1.35. The second-order valence-electron chi connectivity index (χ2n) is 4.54. The summed E-state index contributed by atoms with van der Waals surface area (Å²) in [6.07, 6.45) is 0.992. The second-order valence-corrected chi connectivity index (χ2v) is 4.54. The average Bonchev–Trinajstić information content (AvgIpc) is 2.53. The zero-order valence-electron chi connectivity index (χ0n) is 9.83. The molecule has 0 aliphatic carbocycles. The molecule has 1 aromatic heterocycles. The first-order valence-corrected chi connectivity index (χ1v) is 5.95. The summed E-state index contributed by atoms with van der Waals surface area (Å²) in [5.41, 5.74) is 3.81. The molecular formula is C13H17N3. The SMILES string of the molecule is CCc1nc2cc(C3CNC3)ccc2n1C. The minimum Gasteiger partial charge on any atom is -0.331 e. The van der Waals surface area contributed by atoms with Gasteiger partial charge in [-0.2, -0.15) is 0 Å². The fourth-order valence-corrected chi connectivity index (χ4v) is 2.36. The molecule has 84 valence electrons. The summed E-state index contributed by atoms with van der Waals surface area (Å²) in [4.78, 5) is 4.67. The van der Waals surface area contributed by atoms with Crippen LogP contribution in [0, 0.1) is 0 Å². The van der Waals surface area contributed by atoms with E-state index in [0.29, 0.717) is 5.92 Å². The smallest absolute Gasteiger partial charge is 0.109 e. The first-order valence-electron chi connectivity index (χ1n) is 5.95. The first-order chi connectivity index (χ1) is 7.79. The van der Waals surface area contributed by atoms with Gasteiger partial charge < -0.3 is 9.88 Å². The summed E-state index contributed by atoms with van der Waals surface area (Å²) in [5, 5.41) is 3.31. The van der Waals surface area contributed by atoms with Crippen molar-refractivity contribution in [1.82, 2.24) is 14.9 Å². The zero-order valence-corrected chi connectivity index (χ0v) is 9.83. The molecule has 0 amide bonds. The van der Waals surface area contributed by atoms with Gasteiger partial charge in [-0.15, -0.1) is 0 Å². The highest BCUT2D eigenvalue weighted by Crippen LogP contribution is 2.24. The van der Waals surface area contributed by atoms with Crippen LogP contribution >= 0.6 is 0 Å². The van der Waals surface area contributed by atoms with Crippen LogP contribution < -0.4 is 5.32 Å². The summed E-state index contributed by atoms with van der Waals surface area (Å²) in [6.45, 7) is 4.37. The maximum Gasteiger partial charge on any atom is 0.109 e. The van der Waals surface area contributed by atoms with Gasteiger partial charge >= 0.3 is 0 Å². The highest BCUT2D eigenvalue weighted by Gasteiger charge is 2.19. The summed E-state index contributed by atoms with van der Waals surface area (Å²) in [7, 11) is 2.10. The fourth-order valence-electron chi connectivity index (χ4n) is 2.36. The van der Waals surface area contributed by atoms with Crippen molar-refractivity contribution >= 4 is 11.0 Å². The Bertz CT molecular complexity index is 523. The van der Waals surface area contributed by atoms with E-state index in [4.69, 9.17) is 0 Å². The Morgan fingerprint density at radius 3 is 2.88 bits per heavy atom. The van der Waals surface area contributed by atoms with Crippen molar-refractivity contribution in [2.24, 2.45) is 7.05 Å². The van der Waals surface area contributed by atoms with Crippen LogP contribution in [0.1, 0.15) is 24.2 Å². The van der Waals surface area contributed by atoms with Crippen molar-refractivity contribution in [3.63, 3.8) is 0 Å². The van der Waals surface area contributed by atoms with Gasteiger partial charge in [0.15, 0.2) is 0 Å². The lowest BCUT2D eigenvalue weighted by Gasteiger charge is -2.27. The number of nitrogens with zero attached hydrogens (tertiary/aromatic N) is 2. The molecule has 0 saturated carbocycles. The van der Waals surface area contributed by atoms with Crippen molar-refractivity contribution in [1.29, 1.82) is 0 Å². The Morgan fingerprint density at radius 1 is 1.44 bits per heavy atom. The van der Waals surface area contributed by atoms with Gasteiger partial charge in [0.2, 0.25) is 0 Å². The molecule has 1 N–H and O–H groups in total. The van der Waals surface area contributed by atoms with Gasteiger partial charge in [0.05, 0.1) is 11.0 Å². The predicted molar refractivity (Wildman–Crippen MR) is 65.7 cm³/mol. The molecule has 3 rings (SSSR count). The van der Waals surface area contributed by atoms with Gasteiger partial charge in [-0.05, 0) is 17.7 Å². The Morgan fingerprint density at radius 2 is 2.25 bits per heavy atom. The molecule has 2 heterocycles. The van der Waals surface area contributed by atoms with Crippen LogP contribution in [0.5, 0.6) is 0 Å². The molecule has 2 aromatic rings. The molecule has 0 spiro atoms. The molecule has 1 aliphatic heterocycles. The molecule has 1 saturated heterocycles. The van der Waals surface area contributed by atoms with Crippen molar-refractivity contribution in [3.05, 3.63) is 29.6 Å². The summed E-state index contributed by atoms with van der Waals surface area (Å²) in [5.74, 6) is 1.86. The van der Waals surface area contributed by atoms with Crippen molar-refractivity contribution in [2.45, 2.75) is 19.3 Å². The number of benzene rings is 1. The highest BCUT2D eigenvalue weighted by molar-refractivity contribution is 5.77. The zero-order chi connectivity index (χ0) is 11.1. The molecule has 3 heteroatoms. The van der Waals surface area contributed by atoms with Crippen LogP contribution in [-0.2, 0) is 13.5 Å². The summed E-state index contributed by atoms with van der Waals surface area (Å²) < 4.78 is 2.19. The monoisotopic (exact) mass is 215 g/mol. The van der Waals surface area contributed by atoms with E-state index >= 15 is 0 Å². The van der Waals surface area contributed by atoms with E-state index in [1.165, 1.54) is 16.9 Å². The van der Waals surface area contributed by atoms with E-state index in [2.05, 4.69) is 47.0 Å². The number of hydrogen-bond acceptors (Lipinski definition) is 2. The Balaban J connectivity index is 2.10. The first kappa shape index (κ1) is 9.85. The van der Waals surface area contributed by atoms with E-state index in [0.717, 1.165) is 25.0 Å². The third kappa shape index (κ3) is 1.35. The van der Waals surface area contributed by atoms with Crippen LogP contribution in [0.3, 0.4) is 0 Å². The van der Waals surface area contributed by atoms with Crippen LogP contribution in [-0.4, -0.2) is 22.6 Å². The van der Waals surface area contributed by atoms with E-state index in [1.807, 2.05) is 0 Å². The number of imidazole rings is 1. The van der Waals surface area contributed by atoms with E-state index < -0.39 is 0 Å². The number of aryl methyl sites for hydroxylation is 2. The summed E-state index contributed by atoms with van der Waals surface area (Å²) >= 11 is 0. The van der Waals surface area contributed by atoms with Gasteiger partial charge in [-0.1, -0.05) is 13.0 Å². The normalized spacial score (nSPS) is 16.6. The highest BCUT2D eigenvalue weighted by atomic mass is 15.1. The second kappa shape index (κ2) is 3.59. The maximum absolute atomic E-state index is 4.67. The topological polar surface area (TPSA) is 29.9 Å². The van der Waals surface area contributed by atoms with Crippen molar-refractivity contribution in [3.8, 4) is 0 Å². The van der Waals surface area contributed by atoms with Crippen LogP contribution in [0.15, 0.2) is 18.2 Å². The Kier molecular flexibility index (Phi) is 2.21. The Labute approximate surface area is 95.5 Å². The van der Waals surface area contributed by atoms with Crippen LogP contribution in [0.4, 0.5) is 0 Å². The van der Waals surface area contributed by atoms with Crippen LogP contribution in [0.2, 0.25) is 0 Å². The summed E-state index contributed by atoms with van der Waals surface area (Å²) in [6, 6.07) is 6.70. The maximum atomic E-state index is 4.67. The van der Waals surface area contributed by atoms with Gasteiger partial charge in [-0.3, -0.25) is 0 Å². The number of hydrogen-bond donors (Lipinski definition) is 1. The third-order valence-electron chi connectivity index (χ3n) is 3.57. The van der Waals surface area contributed by atoms with Gasteiger partial charge in [0, 0.05) is 32.5 Å². The number of fused-ring (bicyclic) bond motifs is 1. The van der Waals surface area contributed by atoms with Gasteiger partial charge in [0.1, 0.15) is 5.82 Å². The molecule has 1 aliphatic rings. The number of rotatable bonds is 2. The van der Waals surface area contributed by atoms with E-state index in [9.17, 15) is 0 Å². The minimum atomic E-state index is 0.691. The molecule has 0 atom stereocenters. The standard InChI is InChI=1S/C13H17N3/c1-3-13-15-11-6-9(10-7-14-8-10)4-5-12(11)16(13)2/h4-6,10,14H,3,7-8H2,1-2H3. The van der Waals surface area contributed by atoms with E-state index in [1.54, 1.807) is 0 Å². The third-order valence-corrected chi connectivity index (χ3v) is 3.57. The van der Waals surface area contributed by atoms with Crippen LogP contribution in [0.25, 0.3) is 11.0 Å². The van der Waals surface area contributed by atoms with Crippen molar-refractivity contribution < 1.29 is 0 Å². The molecule has 0 radical (unpaired) electrons. The molecule has 0 unspecified atom stereocenters. The predicted octanol–water partition coefficient (Wildman–Crippen LogP) is 1.82. The molecule has 0 bridgehead atoms. The molecule has 3 nitrogen and oxygen atoms in total.